The van der Waals surface area contributed by atoms with Crippen LogP contribution in [0.1, 0.15) is 6.42 Å². The van der Waals surface area contributed by atoms with Gasteiger partial charge in [0, 0.05) is 22.3 Å². The van der Waals surface area contributed by atoms with Gasteiger partial charge in [-0.15, -0.1) is 0 Å². The van der Waals surface area contributed by atoms with Crippen molar-refractivity contribution < 1.29 is 4.79 Å². The van der Waals surface area contributed by atoms with E-state index >= 15 is 0 Å². The van der Waals surface area contributed by atoms with Gasteiger partial charge in [-0.2, -0.15) is 0 Å². The Kier molecular flexibility index (Phi) is 4.69. The van der Waals surface area contributed by atoms with Gasteiger partial charge in [0.1, 0.15) is 0 Å². The number of anilines is 1. The average molecular weight is 288 g/mol. The fourth-order valence-electron chi connectivity index (χ4n) is 1.93. The Bertz CT molecular complexity index is 413. The maximum atomic E-state index is 11.7. The number of benzene rings is 1. The van der Waals surface area contributed by atoms with E-state index in [-0.39, 0.29) is 6.03 Å². The third-order valence-electron chi connectivity index (χ3n) is 2.83. The van der Waals surface area contributed by atoms with Gasteiger partial charge in [0.2, 0.25) is 0 Å². The summed E-state index contributed by atoms with van der Waals surface area (Å²) in [4.78, 5) is 11.7. The predicted molar refractivity (Wildman–Crippen MR) is 74.5 cm³/mol. The van der Waals surface area contributed by atoms with E-state index in [0.29, 0.717) is 28.2 Å². The number of amides is 2. The molecule has 1 aromatic carbocycles. The number of hydrogen-bond donors (Lipinski definition) is 3. The monoisotopic (exact) mass is 287 g/mol. The standard InChI is InChI=1S/C12H15Cl2N3O/c13-9-3-10(14)5-11(4-9)17-12(18)16-7-8-1-2-15-6-8/h3-5,8,15H,1-2,6-7H2,(H2,16,17,18). The molecule has 0 bridgehead atoms. The van der Waals surface area contributed by atoms with E-state index in [2.05, 4.69) is 16.0 Å². The zero-order valence-corrected chi connectivity index (χ0v) is 11.3. The summed E-state index contributed by atoms with van der Waals surface area (Å²) < 4.78 is 0. The van der Waals surface area contributed by atoms with Crippen molar-refractivity contribution in [2.24, 2.45) is 5.92 Å². The van der Waals surface area contributed by atoms with Gasteiger partial charge in [0.05, 0.1) is 0 Å². The number of carbonyl (C=O) groups excluding carboxylic acids is 1. The summed E-state index contributed by atoms with van der Waals surface area (Å²) in [7, 11) is 0. The number of carbonyl (C=O) groups is 1. The second-order valence-electron chi connectivity index (χ2n) is 4.35. The van der Waals surface area contributed by atoms with Gasteiger partial charge < -0.3 is 16.0 Å². The fraction of sp³-hybridized carbons (Fsp3) is 0.417. The normalized spacial score (nSPS) is 18.7. The Labute approximate surface area is 116 Å². The molecule has 1 aliphatic heterocycles. The lowest BCUT2D eigenvalue weighted by Gasteiger charge is -2.11. The quantitative estimate of drug-likeness (QED) is 0.801. The molecule has 3 N–H and O–H groups in total. The number of rotatable bonds is 3. The van der Waals surface area contributed by atoms with Crippen LogP contribution in [0.5, 0.6) is 0 Å². The first-order valence-electron chi connectivity index (χ1n) is 5.85. The molecule has 0 radical (unpaired) electrons. The van der Waals surface area contributed by atoms with Crippen LogP contribution >= 0.6 is 23.2 Å². The lowest BCUT2D eigenvalue weighted by Crippen LogP contribution is -2.33. The molecule has 1 fully saturated rings. The highest BCUT2D eigenvalue weighted by Crippen LogP contribution is 2.22. The van der Waals surface area contributed by atoms with Gasteiger partial charge in [-0.05, 0) is 43.6 Å². The van der Waals surface area contributed by atoms with Crippen LogP contribution < -0.4 is 16.0 Å². The van der Waals surface area contributed by atoms with Crippen molar-refractivity contribution in [3.63, 3.8) is 0 Å². The molecule has 1 heterocycles. The molecule has 18 heavy (non-hydrogen) atoms. The van der Waals surface area contributed by atoms with E-state index in [4.69, 9.17) is 23.2 Å². The highest BCUT2D eigenvalue weighted by atomic mass is 35.5. The van der Waals surface area contributed by atoms with Crippen molar-refractivity contribution in [1.29, 1.82) is 0 Å². The molecule has 2 amide bonds. The summed E-state index contributed by atoms with van der Waals surface area (Å²) in [5.74, 6) is 0.513. The van der Waals surface area contributed by atoms with Crippen LogP contribution in [0.4, 0.5) is 10.5 Å². The van der Waals surface area contributed by atoms with E-state index in [0.717, 1.165) is 19.5 Å². The van der Waals surface area contributed by atoms with Gasteiger partial charge >= 0.3 is 6.03 Å². The lowest BCUT2D eigenvalue weighted by molar-refractivity contribution is 0.250. The van der Waals surface area contributed by atoms with Crippen LogP contribution in [0.3, 0.4) is 0 Å². The molecule has 0 aliphatic carbocycles. The highest BCUT2D eigenvalue weighted by Gasteiger charge is 2.15. The van der Waals surface area contributed by atoms with Crippen LogP contribution in [-0.2, 0) is 0 Å². The molecule has 1 aliphatic rings. The first kappa shape index (κ1) is 13.5. The number of hydrogen-bond acceptors (Lipinski definition) is 2. The van der Waals surface area contributed by atoms with Crippen LogP contribution in [-0.4, -0.2) is 25.7 Å². The van der Waals surface area contributed by atoms with E-state index in [1.54, 1.807) is 18.2 Å². The average Bonchev–Trinajstić information content (AvgIpc) is 2.77. The van der Waals surface area contributed by atoms with Gasteiger partial charge in [-0.1, -0.05) is 23.2 Å². The van der Waals surface area contributed by atoms with E-state index in [9.17, 15) is 4.79 Å². The van der Waals surface area contributed by atoms with Crippen molar-refractivity contribution in [3.05, 3.63) is 28.2 Å². The van der Waals surface area contributed by atoms with Crippen LogP contribution in [0.25, 0.3) is 0 Å². The maximum absolute atomic E-state index is 11.7. The third kappa shape index (κ3) is 4.05. The molecule has 2 rings (SSSR count). The van der Waals surface area contributed by atoms with E-state index < -0.39 is 0 Å². The largest absolute Gasteiger partial charge is 0.338 e. The number of halogens is 2. The Morgan fingerprint density at radius 3 is 2.67 bits per heavy atom. The van der Waals surface area contributed by atoms with Crippen molar-refractivity contribution in [1.82, 2.24) is 10.6 Å². The second-order valence-corrected chi connectivity index (χ2v) is 5.22. The molecule has 98 valence electrons. The van der Waals surface area contributed by atoms with Crippen molar-refractivity contribution in [2.75, 3.05) is 25.0 Å². The van der Waals surface area contributed by atoms with E-state index in [1.165, 1.54) is 0 Å². The molecule has 1 atom stereocenters. The second kappa shape index (κ2) is 6.27. The number of nitrogens with one attached hydrogen (secondary N) is 3. The Balaban J connectivity index is 1.82. The minimum Gasteiger partial charge on any atom is -0.338 e. The fourth-order valence-corrected chi connectivity index (χ4v) is 2.45. The minimum absolute atomic E-state index is 0.236. The molecule has 1 saturated heterocycles. The minimum atomic E-state index is -0.236. The molecular weight excluding hydrogens is 273 g/mol. The van der Waals surface area contributed by atoms with Crippen molar-refractivity contribution in [3.8, 4) is 0 Å². The Morgan fingerprint density at radius 1 is 1.33 bits per heavy atom. The van der Waals surface area contributed by atoms with Crippen LogP contribution in [0.2, 0.25) is 10.0 Å². The molecule has 1 unspecified atom stereocenters. The lowest BCUT2D eigenvalue weighted by atomic mass is 10.1. The third-order valence-corrected chi connectivity index (χ3v) is 3.27. The molecular formula is C12H15Cl2N3O. The Hall–Kier alpha value is -0.970. The molecule has 0 aromatic heterocycles. The maximum Gasteiger partial charge on any atom is 0.319 e. The zero-order valence-electron chi connectivity index (χ0n) is 9.80. The van der Waals surface area contributed by atoms with Crippen LogP contribution in [0.15, 0.2) is 18.2 Å². The van der Waals surface area contributed by atoms with E-state index in [1.807, 2.05) is 0 Å². The predicted octanol–water partition coefficient (Wildman–Crippen LogP) is 2.72. The molecule has 0 spiro atoms. The van der Waals surface area contributed by atoms with Gasteiger partial charge in [-0.25, -0.2) is 4.79 Å². The molecule has 4 nitrogen and oxygen atoms in total. The summed E-state index contributed by atoms with van der Waals surface area (Å²) in [6, 6.07) is 4.70. The first-order chi connectivity index (χ1) is 8.63. The van der Waals surface area contributed by atoms with Crippen molar-refractivity contribution in [2.45, 2.75) is 6.42 Å². The summed E-state index contributed by atoms with van der Waals surface area (Å²) in [5.41, 5.74) is 0.592. The van der Waals surface area contributed by atoms with Gasteiger partial charge in [-0.3, -0.25) is 0 Å². The van der Waals surface area contributed by atoms with Gasteiger partial charge in [0.25, 0.3) is 0 Å². The molecule has 6 heteroatoms. The summed E-state index contributed by atoms with van der Waals surface area (Å²) in [5, 5.41) is 9.79. The SMILES string of the molecule is O=C(NCC1CCNC1)Nc1cc(Cl)cc(Cl)c1. The Morgan fingerprint density at radius 2 is 2.06 bits per heavy atom. The molecule has 0 saturated carbocycles. The summed E-state index contributed by atoms with van der Waals surface area (Å²) >= 11 is 11.7. The number of urea groups is 1. The summed E-state index contributed by atoms with van der Waals surface area (Å²) in [6.45, 7) is 2.66. The smallest absolute Gasteiger partial charge is 0.319 e. The zero-order chi connectivity index (χ0) is 13.0. The molecule has 1 aromatic rings. The summed E-state index contributed by atoms with van der Waals surface area (Å²) in [6.07, 6.45) is 1.10. The first-order valence-corrected chi connectivity index (χ1v) is 6.61. The van der Waals surface area contributed by atoms with Gasteiger partial charge in [0.15, 0.2) is 0 Å². The van der Waals surface area contributed by atoms with Crippen molar-refractivity contribution >= 4 is 34.9 Å². The van der Waals surface area contributed by atoms with Crippen LogP contribution in [0, 0.1) is 5.92 Å². The topological polar surface area (TPSA) is 53.2 Å². The highest BCUT2D eigenvalue weighted by molar-refractivity contribution is 6.35.